The van der Waals surface area contributed by atoms with Gasteiger partial charge < -0.3 is 5.32 Å². The third kappa shape index (κ3) is 4.92. The summed E-state index contributed by atoms with van der Waals surface area (Å²) in [4.78, 5) is 0. The number of nitrogens with one attached hydrogen (secondary N) is 1. The third-order valence-corrected chi connectivity index (χ3v) is 2.74. The summed E-state index contributed by atoms with van der Waals surface area (Å²) in [5, 5.41) is 3.26. The summed E-state index contributed by atoms with van der Waals surface area (Å²) in [5.74, 6) is 0. The second-order valence-electron chi connectivity index (χ2n) is 4.34. The first-order valence-corrected chi connectivity index (χ1v) is 5.94. The lowest BCUT2D eigenvalue weighted by molar-refractivity contribution is -0.137. The highest BCUT2D eigenvalue weighted by molar-refractivity contribution is 5.24. The predicted molar refractivity (Wildman–Crippen MR) is 67.2 cm³/mol. The minimum Gasteiger partial charge on any atom is -0.310 e. The summed E-state index contributed by atoms with van der Waals surface area (Å²) in [6.45, 7) is 6.28. The molecule has 1 aromatic carbocycles. The van der Waals surface area contributed by atoms with Crippen molar-refractivity contribution in [3.63, 3.8) is 0 Å². The van der Waals surface area contributed by atoms with Crippen LogP contribution in [0.1, 0.15) is 30.9 Å². The Morgan fingerprint density at radius 3 is 2.39 bits per heavy atom. The Morgan fingerprint density at radius 1 is 1.28 bits per heavy atom. The predicted octanol–water partition coefficient (Wildman–Crippen LogP) is 4.15. The fraction of sp³-hybridized carbons (Fsp3) is 0.429. The van der Waals surface area contributed by atoms with Crippen molar-refractivity contribution in [2.75, 3.05) is 0 Å². The van der Waals surface area contributed by atoms with Crippen LogP contribution >= 0.6 is 0 Å². The quantitative estimate of drug-likeness (QED) is 0.755. The van der Waals surface area contributed by atoms with Crippen molar-refractivity contribution in [2.45, 2.75) is 38.5 Å². The molecule has 18 heavy (non-hydrogen) atoms. The number of alkyl halides is 3. The number of hydrogen-bond acceptors (Lipinski definition) is 1. The van der Waals surface area contributed by atoms with E-state index in [9.17, 15) is 13.2 Å². The maximum Gasteiger partial charge on any atom is 0.416 e. The summed E-state index contributed by atoms with van der Waals surface area (Å²) in [5.41, 5.74) is 0.249. The Hall–Kier alpha value is -1.29. The number of allylic oxidation sites excluding steroid dienone is 1. The summed E-state index contributed by atoms with van der Waals surface area (Å²) in [7, 11) is 0. The Bertz CT molecular complexity index is 368. The standard InChI is InChI=1S/C14H18F3N/c1-3-4-5-11(2)18-10-12-6-8-13(9-7-12)14(15,16)17/h3,6-9,11,18H,1,4-5,10H2,2H3. The lowest BCUT2D eigenvalue weighted by atomic mass is 10.1. The second-order valence-corrected chi connectivity index (χ2v) is 4.34. The second kappa shape index (κ2) is 6.59. The van der Waals surface area contributed by atoms with Crippen molar-refractivity contribution in [1.29, 1.82) is 0 Å². The highest BCUT2D eigenvalue weighted by Crippen LogP contribution is 2.29. The molecule has 1 rings (SSSR count). The van der Waals surface area contributed by atoms with Gasteiger partial charge in [0.05, 0.1) is 5.56 Å². The smallest absolute Gasteiger partial charge is 0.310 e. The van der Waals surface area contributed by atoms with Crippen LogP contribution < -0.4 is 5.32 Å². The van der Waals surface area contributed by atoms with E-state index in [1.54, 1.807) is 0 Å². The van der Waals surface area contributed by atoms with E-state index in [0.717, 1.165) is 30.5 Å². The number of hydrogen-bond donors (Lipinski definition) is 1. The molecule has 0 saturated heterocycles. The van der Waals surface area contributed by atoms with Gasteiger partial charge >= 0.3 is 6.18 Å². The molecule has 4 heteroatoms. The molecule has 1 atom stereocenters. The monoisotopic (exact) mass is 257 g/mol. The molecule has 0 aliphatic carbocycles. The molecule has 0 radical (unpaired) electrons. The molecule has 1 unspecified atom stereocenters. The normalized spacial score (nSPS) is 13.3. The molecule has 0 heterocycles. The minimum atomic E-state index is -4.26. The SMILES string of the molecule is C=CCCC(C)NCc1ccc(C(F)(F)F)cc1. The lowest BCUT2D eigenvalue weighted by Crippen LogP contribution is -2.25. The van der Waals surface area contributed by atoms with Gasteiger partial charge in [0.2, 0.25) is 0 Å². The van der Waals surface area contributed by atoms with E-state index >= 15 is 0 Å². The zero-order valence-electron chi connectivity index (χ0n) is 10.4. The van der Waals surface area contributed by atoms with E-state index in [1.807, 2.05) is 13.0 Å². The van der Waals surface area contributed by atoms with Crippen molar-refractivity contribution in [1.82, 2.24) is 5.32 Å². The van der Waals surface area contributed by atoms with Crippen LogP contribution in [-0.2, 0) is 12.7 Å². The first kappa shape index (κ1) is 14.8. The van der Waals surface area contributed by atoms with E-state index in [2.05, 4.69) is 11.9 Å². The van der Waals surface area contributed by atoms with Gasteiger partial charge in [-0.3, -0.25) is 0 Å². The van der Waals surface area contributed by atoms with Crippen molar-refractivity contribution >= 4 is 0 Å². The number of rotatable bonds is 6. The Kier molecular flexibility index (Phi) is 5.41. The first-order chi connectivity index (χ1) is 8.43. The highest BCUT2D eigenvalue weighted by Gasteiger charge is 2.29. The van der Waals surface area contributed by atoms with Crippen molar-refractivity contribution in [2.24, 2.45) is 0 Å². The van der Waals surface area contributed by atoms with Crippen molar-refractivity contribution < 1.29 is 13.2 Å². The Morgan fingerprint density at radius 2 is 1.89 bits per heavy atom. The van der Waals surface area contributed by atoms with Crippen LogP contribution in [0.2, 0.25) is 0 Å². The van der Waals surface area contributed by atoms with E-state index in [4.69, 9.17) is 0 Å². The van der Waals surface area contributed by atoms with Gasteiger partial charge in [-0.2, -0.15) is 13.2 Å². The van der Waals surface area contributed by atoms with E-state index in [-0.39, 0.29) is 0 Å². The van der Waals surface area contributed by atoms with Crippen LogP contribution in [0.5, 0.6) is 0 Å². The molecule has 0 bridgehead atoms. The van der Waals surface area contributed by atoms with Gasteiger partial charge in [0.25, 0.3) is 0 Å². The van der Waals surface area contributed by atoms with Crippen LogP contribution in [0.15, 0.2) is 36.9 Å². The Balaban J connectivity index is 2.46. The van der Waals surface area contributed by atoms with Crippen LogP contribution in [-0.4, -0.2) is 6.04 Å². The van der Waals surface area contributed by atoms with Crippen LogP contribution in [0.3, 0.4) is 0 Å². The van der Waals surface area contributed by atoms with Gasteiger partial charge in [-0.25, -0.2) is 0 Å². The zero-order chi connectivity index (χ0) is 13.6. The van der Waals surface area contributed by atoms with Gasteiger partial charge in [0, 0.05) is 12.6 Å². The molecule has 0 saturated carbocycles. The van der Waals surface area contributed by atoms with Gasteiger partial charge in [0.1, 0.15) is 0 Å². The Labute approximate surface area is 106 Å². The molecular weight excluding hydrogens is 239 g/mol. The molecule has 1 aromatic rings. The van der Waals surface area contributed by atoms with Crippen molar-refractivity contribution in [3.05, 3.63) is 48.0 Å². The summed E-state index contributed by atoms with van der Waals surface area (Å²) in [6, 6.07) is 5.58. The average Bonchev–Trinajstić information content (AvgIpc) is 2.33. The largest absolute Gasteiger partial charge is 0.416 e. The lowest BCUT2D eigenvalue weighted by Gasteiger charge is -2.13. The molecule has 0 fully saturated rings. The summed E-state index contributed by atoms with van der Waals surface area (Å²) < 4.78 is 37.0. The average molecular weight is 257 g/mol. The molecular formula is C14H18F3N. The molecule has 0 aromatic heterocycles. The van der Waals surface area contributed by atoms with Gasteiger partial charge in [-0.15, -0.1) is 6.58 Å². The van der Waals surface area contributed by atoms with E-state index in [0.29, 0.717) is 12.6 Å². The van der Waals surface area contributed by atoms with Crippen LogP contribution in [0.4, 0.5) is 13.2 Å². The molecule has 1 N–H and O–H groups in total. The van der Waals surface area contributed by atoms with E-state index in [1.165, 1.54) is 12.1 Å². The van der Waals surface area contributed by atoms with Gasteiger partial charge in [-0.05, 0) is 37.5 Å². The number of halogens is 3. The zero-order valence-corrected chi connectivity index (χ0v) is 10.4. The molecule has 0 aliphatic heterocycles. The summed E-state index contributed by atoms with van der Waals surface area (Å²) >= 11 is 0. The van der Waals surface area contributed by atoms with E-state index < -0.39 is 11.7 Å². The minimum absolute atomic E-state index is 0.324. The maximum atomic E-state index is 12.3. The summed E-state index contributed by atoms with van der Waals surface area (Å²) in [6.07, 6.45) is -0.495. The van der Waals surface area contributed by atoms with Gasteiger partial charge in [-0.1, -0.05) is 18.2 Å². The van der Waals surface area contributed by atoms with Crippen LogP contribution in [0, 0.1) is 0 Å². The van der Waals surface area contributed by atoms with Gasteiger partial charge in [0.15, 0.2) is 0 Å². The molecule has 0 amide bonds. The first-order valence-electron chi connectivity index (χ1n) is 5.94. The van der Waals surface area contributed by atoms with Crippen LogP contribution in [0.25, 0.3) is 0 Å². The highest BCUT2D eigenvalue weighted by atomic mass is 19.4. The fourth-order valence-electron chi connectivity index (χ4n) is 1.57. The molecule has 100 valence electrons. The number of benzene rings is 1. The molecule has 1 nitrogen and oxygen atoms in total. The third-order valence-electron chi connectivity index (χ3n) is 2.74. The molecule has 0 aliphatic rings. The fourth-order valence-corrected chi connectivity index (χ4v) is 1.57. The maximum absolute atomic E-state index is 12.3. The topological polar surface area (TPSA) is 12.0 Å². The molecule has 0 spiro atoms. The van der Waals surface area contributed by atoms with Crippen molar-refractivity contribution in [3.8, 4) is 0 Å².